The molecule has 0 fully saturated rings. The van der Waals surface area contributed by atoms with Crippen molar-refractivity contribution in [3.63, 3.8) is 0 Å². The van der Waals surface area contributed by atoms with Gasteiger partial charge in [-0.25, -0.2) is 0 Å². The Hall–Kier alpha value is -3.54. The minimum Gasteiger partial charge on any atom is -0.494 e. The molecule has 0 spiro atoms. The number of aromatic nitrogens is 1. The maximum absolute atomic E-state index is 12.2. The Morgan fingerprint density at radius 2 is 2.00 bits per heavy atom. The summed E-state index contributed by atoms with van der Waals surface area (Å²) in [5, 5.41) is 21.7. The third-order valence-corrected chi connectivity index (χ3v) is 4.54. The van der Waals surface area contributed by atoms with Gasteiger partial charge in [0.05, 0.1) is 28.9 Å². The van der Waals surface area contributed by atoms with Gasteiger partial charge in [-0.2, -0.15) is 4.99 Å². The number of nitro groups is 2. The van der Waals surface area contributed by atoms with E-state index in [9.17, 15) is 25.0 Å². The summed E-state index contributed by atoms with van der Waals surface area (Å²) in [7, 11) is 2.99. The summed E-state index contributed by atoms with van der Waals surface area (Å²) in [6, 6.07) is 4.84. The summed E-state index contributed by atoms with van der Waals surface area (Å²) >= 11 is 1.04. The molecular weight excluding hydrogens is 368 g/mol. The van der Waals surface area contributed by atoms with Crippen LogP contribution < -0.4 is 9.54 Å². The number of nitrogens with zero attached hydrogens (tertiary/aromatic N) is 4. The number of fused-ring (bicyclic) bond motifs is 1. The Morgan fingerprint density at radius 3 is 2.58 bits per heavy atom. The van der Waals surface area contributed by atoms with Gasteiger partial charge in [0.25, 0.3) is 5.69 Å². The molecule has 134 valence electrons. The molecule has 0 saturated carbocycles. The van der Waals surface area contributed by atoms with Gasteiger partial charge in [-0.15, -0.1) is 0 Å². The number of aryl methyl sites for hydroxylation is 1. The van der Waals surface area contributed by atoms with E-state index in [2.05, 4.69) is 4.99 Å². The third-order valence-electron chi connectivity index (χ3n) is 3.46. The van der Waals surface area contributed by atoms with E-state index in [0.717, 1.165) is 23.5 Å². The predicted molar refractivity (Wildman–Crippen MR) is 89.3 cm³/mol. The van der Waals surface area contributed by atoms with Gasteiger partial charge in [0.1, 0.15) is 10.4 Å². The van der Waals surface area contributed by atoms with E-state index in [0.29, 0.717) is 10.2 Å². The highest BCUT2D eigenvalue weighted by Gasteiger charge is 2.19. The van der Waals surface area contributed by atoms with Gasteiger partial charge in [-0.1, -0.05) is 11.3 Å². The molecule has 1 aromatic carbocycles. The first-order valence-corrected chi connectivity index (χ1v) is 7.78. The Kier molecular flexibility index (Phi) is 4.26. The van der Waals surface area contributed by atoms with Crippen LogP contribution in [0.4, 0.5) is 11.6 Å². The van der Waals surface area contributed by atoms with E-state index in [1.54, 1.807) is 7.05 Å². The van der Waals surface area contributed by atoms with Gasteiger partial charge in [0.2, 0.25) is 5.76 Å². The molecule has 12 heteroatoms. The summed E-state index contributed by atoms with van der Waals surface area (Å²) in [6.45, 7) is 0. The lowest BCUT2D eigenvalue weighted by Crippen LogP contribution is -2.13. The van der Waals surface area contributed by atoms with Crippen molar-refractivity contribution in [1.82, 2.24) is 4.57 Å². The number of ether oxygens (including phenoxy) is 1. The van der Waals surface area contributed by atoms with Crippen molar-refractivity contribution < 1.29 is 23.8 Å². The molecule has 26 heavy (non-hydrogen) atoms. The van der Waals surface area contributed by atoms with Crippen molar-refractivity contribution in [3.05, 3.63) is 55.1 Å². The molecule has 11 nitrogen and oxygen atoms in total. The highest BCUT2D eigenvalue weighted by Crippen LogP contribution is 2.32. The smallest absolute Gasteiger partial charge is 0.433 e. The lowest BCUT2D eigenvalue weighted by molar-refractivity contribution is -0.402. The van der Waals surface area contributed by atoms with Gasteiger partial charge in [0.15, 0.2) is 10.6 Å². The van der Waals surface area contributed by atoms with Gasteiger partial charge >= 0.3 is 11.8 Å². The third kappa shape index (κ3) is 2.93. The van der Waals surface area contributed by atoms with Crippen molar-refractivity contribution in [2.45, 2.75) is 0 Å². The van der Waals surface area contributed by atoms with E-state index in [1.807, 2.05) is 0 Å². The molecule has 3 aromatic rings. The van der Waals surface area contributed by atoms with E-state index in [4.69, 9.17) is 9.15 Å². The number of thiazole rings is 1. The first kappa shape index (κ1) is 17.3. The van der Waals surface area contributed by atoms with Crippen LogP contribution in [0.3, 0.4) is 0 Å². The van der Waals surface area contributed by atoms with Crippen molar-refractivity contribution >= 4 is 39.0 Å². The van der Waals surface area contributed by atoms with Crippen LogP contribution in [0.1, 0.15) is 10.6 Å². The SMILES string of the molecule is COc1cc([N+](=O)[O-])cc2sc(=NC(=O)c3ccc([N+](=O)[O-])o3)n(C)c12. The normalized spacial score (nSPS) is 11.7. The van der Waals surface area contributed by atoms with Crippen LogP contribution in [0.2, 0.25) is 0 Å². The molecule has 0 radical (unpaired) electrons. The number of hydrogen-bond acceptors (Lipinski definition) is 8. The molecule has 0 aliphatic heterocycles. The highest BCUT2D eigenvalue weighted by molar-refractivity contribution is 7.16. The minimum atomic E-state index is -0.811. The fourth-order valence-corrected chi connectivity index (χ4v) is 3.35. The molecule has 0 saturated heterocycles. The largest absolute Gasteiger partial charge is 0.494 e. The summed E-state index contributed by atoms with van der Waals surface area (Å²) in [5.74, 6) is -1.40. The van der Waals surface area contributed by atoms with Crippen LogP contribution in [-0.4, -0.2) is 27.4 Å². The van der Waals surface area contributed by atoms with Crippen LogP contribution in [-0.2, 0) is 7.05 Å². The molecule has 0 aliphatic rings. The summed E-state index contributed by atoms with van der Waals surface area (Å²) in [4.78, 5) is 36.6. The Morgan fingerprint density at radius 1 is 1.27 bits per heavy atom. The predicted octanol–water partition coefficient (Wildman–Crippen LogP) is 2.40. The second-order valence-corrected chi connectivity index (χ2v) is 6.02. The molecular formula is C14H10N4O7S. The zero-order valence-electron chi connectivity index (χ0n) is 13.4. The second-order valence-electron chi connectivity index (χ2n) is 5.01. The summed E-state index contributed by atoms with van der Waals surface area (Å²) < 4.78 is 12.1. The minimum absolute atomic E-state index is 0.157. The average Bonchev–Trinajstić information content (AvgIpc) is 3.20. The van der Waals surface area contributed by atoms with Crippen LogP contribution in [0, 0.1) is 20.2 Å². The molecule has 0 aliphatic carbocycles. The number of amides is 1. The van der Waals surface area contributed by atoms with Crippen molar-refractivity contribution in [2.24, 2.45) is 12.0 Å². The molecule has 0 unspecified atom stereocenters. The number of methoxy groups -OCH3 is 1. The first-order valence-electron chi connectivity index (χ1n) is 6.97. The molecule has 2 aromatic heterocycles. The zero-order valence-corrected chi connectivity index (χ0v) is 14.2. The quantitative estimate of drug-likeness (QED) is 0.501. The number of carbonyl (C=O) groups is 1. The number of nitro benzene ring substituents is 1. The fraction of sp³-hybridized carbons (Fsp3) is 0.143. The molecule has 1 amide bonds. The van der Waals surface area contributed by atoms with E-state index in [-0.39, 0.29) is 22.0 Å². The van der Waals surface area contributed by atoms with Gasteiger partial charge in [0, 0.05) is 13.1 Å². The van der Waals surface area contributed by atoms with Crippen molar-refractivity contribution in [2.75, 3.05) is 7.11 Å². The lowest BCUT2D eigenvalue weighted by Gasteiger charge is -2.03. The molecule has 0 bridgehead atoms. The monoisotopic (exact) mass is 378 g/mol. The number of furan rings is 1. The number of rotatable bonds is 4. The number of carbonyl (C=O) groups excluding carboxylic acids is 1. The first-order chi connectivity index (χ1) is 12.3. The average molecular weight is 378 g/mol. The van der Waals surface area contributed by atoms with Crippen LogP contribution >= 0.6 is 11.3 Å². The number of hydrogen-bond donors (Lipinski definition) is 0. The number of non-ortho nitro benzene ring substituents is 1. The van der Waals surface area contributed by atoms with E-state index in [1.165, 1.54) is 23.8 Å². The standard InChI is InChI=1S/C14H10N4O7S/c1-16-12-9(24-2)5-7(17(20)21)6-10(12)26-14(16)15-13(19)8-3-4-11(25-8)18(22)23/h3-6H,1-2H3. The summed E-state index contributed by atoms with van der Waals surface area (Å²) in [6.07, 6.45) is 0. The maximum atomic E-state index is 12.2. The van der Waals surface area contributed by atoms with Crippen molar-refractivity contribution in [3.8, 4) is 5.75 Å². The van der Waals surface area contributed by atoms with Crippen LogP contribution in [0.5, 0.6) is 5.75 Å². The number of benzene rings is 1. The second kappa shape index (κ2) is 6.40. The zero-order chi connectivity index (χ0) is 19.0. The van der Waals surface area contributed by atoms with Crippen LogP contribution in [0.25, 0.3) is 10.2 Å². The molecule has 0 atom stereocenters. The highest BCUT2D eigenvalue weighted by atomic mass is 32.1. The molecule has 2 heterocycles. The maximum Gasteiger partial charge on any atom is 0.433 e. The van der Waals surface area contributed by atoms with E-state index < -0.39 is 21.6 Å². The Balaban J connectivity index is 2.13. The Labute approximate surface area is 148 Å². The Bertz CT molecular complexity index is 1120. The molecule has 3 rings (SSSR count). The lowest BCUT2D eigenvalue weighted by atomic mass is 10.2. The van der Waals surface area contributed by atoms with E-state index >= 15 is 0 Å². The molecule has 0 N–H and O–H groups in total. The summed E-state index contributed by atoms with van der Waals surface area (Å²) in [5.41, 5.74) is 0.371. The fourth-order valence-electron chi connectivity index (χ4n) is 2.28. The van der Waals surface area contributed by atoms with Crippen LogP contribution in [0.15, 0.2) is 33.7 Å². The van der Waals surface area contributed by atoms with Crippen molar-refractivity contribution in [1.29, 1.82) is 0 Å². The van der Waals surface area contributed by atoms with Gasteiger partial charge < -0.3 is 13.7 Å². The van der Waals surface area contributed by atoms with Gasteiger partial charge in [-0.05, 0) is 6.07 Å². The topological polar surface area (TPSA) is 143 Å². The van der Waals surface area contributed by atoms with Gasteiger partial charge in [-0.3, -0.25) is 25.0 Å².